The monoisotopic (exact) mass is 403 g/mol. The van der Waals surface area contributed by atoms with Gasteiger partial charge in [-0.1, -0.05) is 26.0 Å². The summed E-state index contributed by atoms with van der Waals surface area (Å²) in [6.07, 6.45) is 0.594. The van der Waals surface area contributed by atoms with E-state index in [2.05, 4.69) is 0 Å². The molecule has 1 aliphatic heterocycles. The topological polar surface area (TPSA) is 101 Å². The molecule has 1 heterocycles. The van der Waals surface area contributed by atoms with E-state index < -0.39 is 14.9 Å². The molecular weight excluding hydrogens is 382 g/mol. The van der Waals surface area contributed by atoms with Crippen molar-refractivity contribution in [2.45, 2.75) is 25.2 Å². The molecule has 0 radical (unpaired) electrons. The molecule has 0 saturated carbocycles. The molecular formula is C19H21N3O5S. The van der Waals surface area contributed by atoms with Gasteiger partial charge in [-0.05, 0) is 30.2 Å². The zero-order chi connectivity index (χ0) is 20.5. The summed E-state index contributed by atoms with van der Waals surface area (Å²) in [5, 5.41) is 11.1. The van der Waals surface area contributed by atoms with Gasteiger partial charge in [0, 0.05) is 37.3 Å². The van der Waals surface area contributed by atoms with Gasteiger partial charge in [-0.3, -0.25) is 14.9 Å². The zero-order valence-electron chi connectivity index (χ0n) is 15.7. The van der Waals surface area contributed by atoms with Gasteiger partial charge in [-0.25, -0.2) is 8.42 Å². The van der Waals surface area contributed by atoms with Crippen molar-refractivity contribution in [2.75, 3.05) is 24.5 Å². The lowest BCUT2D eigenvalue weighted by atomic mass is 10.1. The first-order valence-electron chi connectivity index (χ1n) is 8.99. The molecule has 1 aliphatic rings. The fourth-order valence-corrected chi connectivity index (χ4v) is 4.85. The van der Waals surface area contributed by atoms with E-state index in [1.807, 2.05) is 0 Å². The van der Waals surface area contributed by atoms with Crippen molar-refractivity contribution in [3.63, 3.8) is 0 Å². The average Bonchev–Trinajstić information content (AvgIpc) is 3.11. The van der Waals surface area contributed by atoms with Crippen molar-refractivity contribution in [2.24, 2.45) is 0 Å². The average molecular weight is 403 g/mol. The van der Waals surface area contributed by atoms with E-state index in [1.54, 1.807) is 26.0 Å². The highest BCUT2D eigenvalue weighted by atomic mass is 32.2. The molecule has 148 valence electrons. The molecule has 0 bridgehead atoms. The summed E-state index contributed by atoms with van der Waals surface area (Å²) in [4.78, 5) is 25.1. The van der Waals surface area contributed by atoms with Crippen molar-refractivity contribution in [3.8, 4) is 0 Å². The van der Waals surface area contributed by atoms with E-state index in [0.717, 1.165) is 5.56 Å². The van der Waals surface area contributed by atoms with Crippen LogP contribution in [0.25, 0.3) is 0 Å². The number of sulfonamides is 1. The summed E-state index contributed by atoms with van der Waals surface area (Å²) in [7, 11) is -3.69. The number of nitro groups is 1. The first-order chi connectivity index (χ1) is 13.3. The molecule has 0 aliphatic carbocycles. The summed E-state index contributed by atoms with van der Waals surface area (Å²) in [6, 6.07) is 10.4. The molecule has 0 atom stereocenters. The molecule has 0 unspecified atom stereocenters. The van der Waals surface area contributed by atoms with Gasteiger partial charge >= 0.3 is 0 Å². The summed E-state index contributed by atoms with van der Waals surface area (Å²) in [5.74, 6) is -0.379. The molecule has 1 amide bonds. The number of hydrogen-bond donors (Lipinski definition) is 0. The van der Waals surface area contributed by atoms with Crippen LogP contribution in [0.4, 0.5) is 11.4 Å². The van der Waals surface area contributed by atoms with Crippen LogP contribution >= 0.6 is 0 Å². The highest BCUT2D eigenvalue weighted by Gasteiger charge is 2.29. The Bertz CT molecular complexity index is 1030. The van der Waals surface area contributed by atoms with Crippen molar-refractivity contribution in [1.82, 2.24) is 4.31 Å². The maximum Gasteiger partial charge on any atom is 0.271 e. The minimum Gasteiger partial charge on any atom is -0.307 e. The molecule has 9 heteroatoms. The second-order valence-corrected chi connectivity index (χ2v) is 8.33. The van der Waals surface area contributed by atoms with Crippen LogP contribution in [-0.2, 0) is 16.4 Å². The zero-order valence-corrected chi connectivity index (χ0v) is 16.5. The standard InChI is InChI=1S/C19H21N3O5S/c1-3-20(4-2)28(26,27)17-7-5-6-15(12-17)19(23)21-11-10-14-8-9-16(22(24)25)13-18(14)21/h5-9,12-13H,3-4,10-11H2,1-2H3. The maximum atomic E-state index is 13.0. The number of anilines is 1. The molecule has 0 spiro atoms. The third kappa shape index (κ3) is 3.50. The SMILES string of the molecule is CCN(CC)S(=O)(=O)c1cccc(C(=O)N2CCc3ccc([N+](=O)[O-])cc32)c1. The smallest absolute Gasteiger partial charge is 0.271 e. The first-order valence-corrected chi connectivity index (χ1v) is 10.4. The third-order valence-electron chi connectivity index (χ3n) is 4.84. The number of fused-ring (bicyclic) bond motifs is 1. The summed E-state index contributed by atoms with van der Waals surface area (Å²) in [6.45, 7) is 4.57. The molecule has 0 N–H and O–H groups in total. The number of non-ortho nitro benzene ring substituents is 1. The van der Waals surface area contributed by atoms with E-state index in [1.165, 1.54) is 39.5 Å². The predicted molar refractivity (Wildman–Crippen MR) is 105 cm³/mol. The second kappa shape index (κ2) is 7.69. The number of nitro benzene ring substituents is 1. The normalized spacial score (nSPS) is 13.6. The maximum absolute atomic E-state index is 13.0. The lowest BCUT2D eigenvalue weighted by Crippen LogP contribution is -2.31. The highest BCUT2D eigenvalue weighted by Crippen LogP contribution is 2.33. The van der Waals surface area contributed by atoms with Crippen molar-refractivity contribution >= 4 is 27.3 Å². The van der Waals surface area contributed by atoms with Gasteiger partial charge < -0.3 is 4.90 Å². The van der Waals surface area contributed by atoms with Gasteiger partial charge in [0.2, 0.25) is 10.0 Å². The lowest BCUT2D eigenvalue weighted by molar-refractivity contribution is -0.384. The number of carbonyl (C=O) groups is 1. The first kappa shape index (κ1) is 20.0. The van der Waals surface area contributed by atoms with Crippen LogP contribution in [0.1, 0.15) is 29.8 Å². The molecule has 2 aromatic rings. The quantitative estimate of drug-likeness (QED) is 0.545. The van der Waals surface area contributed by atoms with Gasteiger partial charge in [-0.2, -0.15) is 4.31 Å². The van der Waals surface area contributed by atoms with E-state index in [-0.39, 0.29) is 22.1 Å². The molecule has 2 aromatic carbocycles. The fourth-order valence-electron chi connectivity index (χ4n) is 3.35. The number of benzene rings is 2. The minimum atomic E-state index is -3.69. The summed E-state index contributed by atoms with van der Waals surface area (Å²) < 4.78 is 26.8. The summed E-state index contributed by atoms with van der Waals surface area (Å²) >= 11 is 0. The van der Waals surface area contributed by atoms with Gasteiger partial charge in [0.1, 0.15) is 0 Å². The molecule has 8 nitrogen and oxygen atoms in total. The van der Waals surface area contributed by atoms with E-state index >= 15 is 0 Å². The Kier molecular flexibility index (Phi) is 5.48. The Balaban J connectivity index is 1.96. The number of hydrogen-bond acceptors (Lipinski definition) is 5. The number of amides is 1. The molecule has 3 rings (SSSR count). The van der Waals surface area contributed by atoms with Crippen molar-refractivity contribution < 1.29 is 18.1 Å². The van der Waals surface area contributed by atoms with Crippen LogP contribution in [0.2, 0.25) is 0 Å². The molecule has 0 aromatic heterocycles. The Morgan fingerprint density at radius 3 is 2.54 bits per heavy atom. The van der Waals surface area contributed by atoms with E-state index in [0.29, 0.717) is 31.7 Å². The largest absolute Gasteiger partial charge is 0.307 e. The number of rotatable bonds is 6. The van der Waals surface area contributed by atoms with E-state index in [4.69, 9.17) is 0 Å². The van der Waals surface area contributed by atoms with Crippen LogP contribution in [0.15, 0.2) is 47.4 Å². The predicted octanol–water partition coefficient (Wildman–Crippen LogP) is 2.83. The van der Waals surface area contributed by atoms with Crippen LogP contribution in [0, 0.1) is 10.1 Å². The molecule has 0 fully saturated rings. The molecule has 28 heavy (non-hydrogen) atoms. The van der Waals surface area contributed by atoms with Gasteiger partial charge in [0.15, 0.2) is 0 Å². The van der Waals surface area contributed by atoms with Gasteiger partial charge in [-0.15, -0.1) is 0 Å². The van der Waals surface area contributed by atoms with Gasteiger partial charge in [0.25, 0.3) is 11.6 Å². The van der Waals surface area contributed by atoms with Crippen LogP contribution in [0.3, 0.4) is 0 Å². The Hall–Kier alpha value is -2.78. The highest BCUT2D eigenvalue weighted by molar-refractivity contribution is 7.89. The van der Waals surface area contributed by atoms with Crippen molar-refractivity contribution in [3.05, 3.63) is 63.7 Å². The van der Waals surface area contributed by atoms with E-state index in [9.17, 15) is 23.3 Å². The molecule has 0 saturated heterocycles. The minimum absolute atomic E-state index is 0.0560. The lowest BCUT2D eigenvalue weighted by Gasteiger charge is -2.20. The fraction of sp³-hybridized carbons (Fsp3) is 0.316. The third-order valence-corrected chi connectivity index (χ3v) is 6.89. The second-order valence-electron chi connectivity index (χ2n) is 6.39. The summed E-state index contributed by atoms with van der Waals surface area (Å²) in [5.41, 5.74) is 1.49. The van der Waals surface area contributed by atoms with Crippen LogP contribution < -0.4 is 4.90 Å². The van der Waals surface area contributed by atoms with Crippen LogP contribution in [0.5, 0.6) is 0 Å². The number of nitrogens with zero attached hydrogens (tertiary/aromatic N) is 3. The van der Waals surface area contributed by atoms with Crippen molar-refractivity contribution in [1.29, 1.82) is 0 Å². The Morgan fingerprint density at radius 1 is 1.18 bits per heavy atom. The number of carbonyl (C=O) groups excluding carboxylic acids is 1. The Morgan fingerprint density at radius 2 is 1.89 bits per heavy atom. The Labute approximate surface area is 163 Å². The van der Waals surface area contributed by atoms with Crippen LogP contribution in [-0.4, -0.2) is 43.2 Å². The van der Waals surface area contributed by atoms with Gasteiger partial charge in [0.05, 0.1) is 15.5 Å².